The van der Waals surface area contributed by atoms with Gasteiger partial charge >= 0.3 is 0 Å². The first-order valence-electron chi connectivity index (χ1n) is 11.1. The molecule has 2 aromatic carbocycles. The van der Waals surface area contributed by atoms with E-state index < -0.39 is 0 Å². The molecule has 0 fully saturated rings. The first-order valence-corrected chi connectivity index (χ1v) is 12.9. The Labute approximate surface area is 212 Å². The zero-order valence-corrected chi connectivity index (χ0v) is 21.0. The maximum atomic E-state index is 12.7. The van der Waals surface area contributed by atoms with Gasteiger partial charge in [-0.05, 0) is 48.7 Å². The summed E-state index contributed by atoms with van der Waals surface area (Å²) in [5.41, 5.74) is 3.58. The molecule has 1 aliphatic rings. The number of aryl methyl sites for hydroxylation is 1. The van der Waals surface area contributed by atoms with Gasteiger partial charge in [-0.2, -0.15) is 5.26 Å². The molecule has 1 aromatic heterocycles. The van der Waals surface area contributed by atoms with Crippen LogP contribution in [0.25, 0.3) is 0 Å². The van der Waals surface area contributed by atoms with E-state index in [1.165, 1.54) is 30.0 Å². The summed E-state index contributed by atoms with van der Waals surface area (Å²) in [4.78, 5) is 40.5. The van der Waals surface area contributed by atoms with E-state index in [1.807, 2.05) is 43.3 Å². The molecular formula is C26H24N4O3S2. The Kier molecular flexibility index (Phi) is 7.54. The second kappa shape index (κ2) is 10.8. The van der Waals surface area contributed by atoms with Gasteiger partial charge in [0.1, 0.15) is 11.1 Å². The van der Waals surface area contributed by atoms with Gasteiger partial charge in [0.25, 0.3) is 5.91 Å². The number of hydrogen-bond acceptors (Lipinski definition) is 6. The lowest BCUT2D eigenvalue weighted by atomic mass is 10.0. The number of carbonyl (C=O) groups excluding carboxylic acids is 3. The van der Waals surface area contributed by atoms with E-state index in [0.717, 1.165) is 20.9 Å². The highest BCUT2D eigenvalue weighted by Crippen LogP contribution is 2.37. The van der Waals surface area contributed by atoms with Crippen LogP contribution in [0.5, 0.6) is 0 Å². The Bertz CT molecular complexity index is 1340. The van der Waals surface area contributed by atoms with Crippen molar-refractivity contribution < 1.29 is 14.4 Å². The third kappa shape index (κ3) is 5.73. The van der Waals surface area contributed by atoms with E-state index in [9.17, 15) is 19.6 Å². The highest BCUT2D eigenvalue weighted by Gasteiger charge is 2.26. The van der Waals surface area contributed by atoms with E-state index >= 15 is 0 Å². The number of fused-ring (bicyclic) bond motifs is 1. The third-order valence-corrected chi connectivity index (χ3v) is 7.84. The standard InChI is InChI=1S/C26H24N4O3S2/c1-16-6-3-4-9-20(16)25(33)28-18-7-5-8-19(12-18)34-15-24(32)29-26-22(13-27)21-10-11-30(17(2)31)14-23(21)35-26/h3-9,12H,10-11,14-15H2,1-2H3,(H,28,33)(H,29,32). The number of nitrogens with one attached hydrogen (secondary N) is 2. The van der Waals surface area contributed by atoms with Crippen molar-refractivity contribution >= 4 is 51.5 Å². The monoisotopic (exact) mass is 504 g/mol. The van der Waals surface area contributed by atoms with Gasteiger partial charge in [0.15, 0.2) is 0 Å². The Morgan fingerprint density at radius 3 is 2.69 bits per heavy atom. The van der Waals surface area contributed by atoms with Crippen molar-refractivity contribution in [3.63, 3.8) is 0 Å². The summed E-state index contributed by atoms with van der Waals surface area (Å²) in [6, 6.07) is 16.9. The Hall–Kier alpha value is -3.61. The number of hydrogen-bond donors (Lipinski definition) is 2. The minimum atomic E-state index is -0.220. The zero-order valence-electron chi connectivity index (χ0n) is 19.4. The van der Waals surface area contributed by atoms with Crippen LogP contribution in [0, 0.1) is 18.3 Å². The van der Waals surface area contributed by atoms with Crippen LogP contribution in [0.3, 0.4) is 0 Å². The number of rotatable bonds is 6. The lowest BCUT2D eigenvalue weighted by molar-refractivity contribution is -0.129. The minimum absolute atomic E-state index is 0.00173. The average Bonchev–Trinajstić information content (AvgIpc) is 3.19. The molecule has 0 bridgehead atoms. The van der Waals surface area contributed by atoms with Crippen LogP contribution in [0.1, 0.15) is 38.8 Å². The predicted octanol–water partition coefficient (Wildman–Crippen LogP) is 4.82. The third-order valence-electron chi connectivity index (χ3n) is 5.72. The smallest absolute Gasteiger partial charge is 0.255 e. The number of carbonyl (C=O) groups is 3. The molecule has 0 unspecified atom stereocenters. The molecule has 2 N–H and O–H groups in total. The maximum absolute atomic E-state index is 12.7. The quantitative estimate of drug-likeness (QED) is 0.469. The largest absolute Gasteiger partial charge is 0.337 e. The minimum Gasteiger partial charge on any atom is -0.337 e. The normalized spacial score (nSPS) is 12.4. The van der Waals surface area contributed by atoms with Crippen molar-refractivity contribution in [2.45, 2.75) is 31.7 Å². The molecule has 0 aliphatic carbocycles. The van der Waals surface area contributed by atoms with Crippen LogP contribution in [0.2, 0.25) is 0 Å². The highest BCUT2D eigenvalue weighted by atomic mass is 32.2. The molecule has 0 radical (unpaired) electrons. The van der Waals surface area contributed by atoms with E-state index in [0.29, 0.717) is 41.3 Å². The number of benzene rings is 2. The van der Waals surface area contributed by atoms with Crippen LogP contribution in [-0.4, -0.2) is 34.9 Å². The topological polar surface area (TPSA) is 102 Å². The Morgan fingerprint density at radius 1 is 1.14 bits per heavy atom. The number of thiophene rings is 1. The van der Waals surface area contributed by atoms with Crippen molar-refractivity contribution in [3.8, 4) is 6.07 Å². The van der Waals surface area contributed by atoms with Gasteiger partial charge in [0.05, 0.1) is 17.9 Å². The molecule has 0 atom stereocenters. The summed E-state index contributed by atoms with van der Waals surface area (Å²) in [6.45, 7) is 4.47. The summed E-state index contributed by atoms with van der Waals surface area (Å²) in [5.74, 6) is -0.246. The highest BCUT2D eigenvalue weighted by molar-refractivity contribution is 8.00. The van der Waals surface area contributed by atoms with Crippen molar-refractivity contribution in [1.82, 2.24) is 4.90 Å². The number of nitrogens with zero attached hydrogens (tertiary/aromatic N) is 2. The van der Waals surface area contributed by atoms with E-state index in [4.69, 9.17) is 0 Å². The molecule has 178 valence electrons. The molecule has 3 amide bonds. The van der Waals surface area contributed by atoms with Gasteiger partial charge in [-0.25, -0.2) is 0 Å². The fraction of sp³-hybridized carbons (Fsp3) is 0.231. The van der Waals surface area contributed by atoms with Crippen LogP contribution in [-0.2, 0) is 22.6 Å². The molecule has 7 nitrogen and oxygen atoms in total. The lowest BCUT2D eigenvalue weighted by Gasteiger charge is -2.25. The summed E-state index contributed by atoms with van der Waals surface area (Å²) < 4.78 is 0. The van der Waals surface area contributed by atoms with Crippen LogP contribution >= 0.6 is 23.1 Å². The maximum Gasteiger partial charge on any atom is 0.255 e. The van der Waals surface area contributed by atoms with Crippen LogP contribution in [0.4, 0.5) is 10.7 Å². The fourth-order valence-electron chi connectivity index (χ4n) is 3.88. The van der Waals surface area contributed by atoms with E-state index in [1.54, 1.807) is 17.0 Å². The first kappa shape index (κ1) is 24.5. The summed E-state index contributed by atoms with van der Waals surface area (Å²) >= 11 is 2.71. The van der Waals surface area contributed by atoms with Gasteiger partial charge < -0.3 is 15.5 Å². The Morgan fingerprint density at radius 2 is 1.94 bits per heavy atom. The molecule has 9 heteroatoms. The molecule has 2 heterocycles. The second-order valence-corrected chi connectivity index (χ2v) is 10.3. The molecular weight excluding hydrogens is 480 g/mol. The van der Waals surface area contributed by atoms with E-state index in [2.05, 4.69) is 16.7 Å². The van der Waals surface area contributed by atoms with Crippen molar-refractivity contribution in [2.24, 2.45) is 0 Å². The number of thioether (sulfide) groups is 1. The zero-order chi connectivity index (χ0) is 24.9. The fourth-order valence-corrected chi connectivity index (χ4v) is 5.86. The summed E-state index contributed by atoms with van der Waals surface area (Å²) in [7, 11) is 0. The number of anilines is 2. The van der Waals surface area contributed by atoms with Crippen LogP contribution in [0.15, 0.2) is 53.4 Å². The molecule has 4 rings (SSSR count). The molecule has 0 spiro atoms. The van der Waals surface area contributed by atoms with Gasteiger partial charge in [-0.15, -0.1) is 23.1 Å². The number of amides is 3. The summed E-state index contributed by atoms with van der Waals surface area (Å²) in [5, 5.41) is 16.0. The summed E-state index contributed by atoms with van der Waals surface area (Å²) in [6.07, 6.45) is 0.611. The first-order chi connectivity index (χ1) is 16.9. The second-order valence-electron chi connectivity index (χ2n) is 8.14. The molecule has 35 heavy (non-hydrogen) atoms. The molecule has 0 saturated heterocycles. The Balaban J connectivity index is 1.38. The SMILES string of the molecule is CC(=O)N1CCc2c(sc(NC(=O)CSc3cccc(NC(=O)c4ccccc4C)c3)c2C#N)C1. The van der Waals surface area contributed by atoms with Gasteiger partial charge in [0, 0.05) is 34.5 Å². The van der Waals surface area contributed by atoms with E-state index in [-0.39, 0.29) is 23.5 Å². The van der Waals surface area contributed by atoms with Crippen molar-refractivity contribution in [3.05, 3.63) is 75.7 Å². The molecule has 3 aromatic rings. The average molecular weight is 505 g/mol. The van der Waals surface area contributed by atoms with Gasteiger partial charge in [-0.3, -0.25) is 14.4 Å². The molecule has 1 aliphatic heterocycles. The van der Waals surface area contributed by atoms with Crippen molar-refractivity contribution in [1.29, 1.82) is 5.26 Å². The number of nitriles is 1. The van der Waals surface area contributed by atoms with Crippen molar-refractivity contribution in [2.75, 3.05) is 22.9 Å². The van der Waals surface area contributed by atoms with Crippen LogP contribution < -0.4 is 10.6 Å². The predicted molar refractivity (Wildman–Crippen MR) is 139 cm³/mol. The van der Waals surface area contributed by atoms with Gasteiger partial charge in [-0.1, -0.05) is 24.3 Å². The molecule has 0 saturated carbocycles. The van der Waals surface area contributed by atoms with Gasteiger partial charge in [0.2, 0.25) is 11.8 Å². The lowest BCUT2D eigenvalue weighted by Crippen LogP contribution is -2.33.